The van der Waals surface area contributed by atoms with Crippen molar-refractivity contribution in [3.05, 3.63) is 106 Å². The van der Waals surface area contributed by atoms with Crippen LogP contribution in [0.5, 0.6) is 0 Å². The molecule has 1 aliphatic rings. The van der Waals surface area contributed by atoms with E-state index < -0.39 is 0 Å². The molecule has 3 aromatic carbocycles. The molecule has 1 saturated heterocycles. The second kappa shape index (κ2) is 7.88. The summed E-state index contributed by atoms with van der Waals surface area (Å²) in [5.74, 6) is 0.475. The second-order valence-corrected chi connectivity index (χ2v) is 8.19. The van der Waals surface area contributed by atoms with Crippen LogP contribution in [0.25, 0.3) is 21.7 Å². The molecule has 31 heavy (non-hydrogen) atoms. The lowest BCUT2D eigenvalue weighted by molar-refractivity contribution is 0.104. The van der Waals surface area contributed by atoms with Crippen LogP contribution in [0.2, 0.25) is 0 Å². The lowest BCUT2D eigenvalue weighted by Gasteiger charge is -2.19. The number of likely N-dealkylation sites (tertiary alicyclic amines) is 1. The summed E-state index contributed by atoms with van der Waals surface area (Å²) in [5.41, 5.74) is 3.43. The molecule has 0 N–H and O–H groups in total. The van der Waals surface area contributed by atoms with Crippen LogP contribution in [0.3, 0.4) is 0 Å². The summed E-state index contributed by atoms with van der Waals surface area (Å²) in [6, 6.07) is 21.2. The summed E-state index contributed by atoms with van der Waals surface area (Å²) in [4.78, 5) is 27.4. The summed E-state index contributed by atoms with van der Waals surface area (Å²) in [6.45, 7) is 3.89. The SMILES string of the molecule is C/C(=C\C(=O)c1ccc2cc3occc(=O)c3cc2c1)N1CCC(c2ccccc2)C1. The van der Waals surface area contributed by atoms with E-state index in [4.69, 9.17) is 4.42 Å². The van der Waals surface area contributed by atoms with Crippen molar-refractivity contribution in [2.24, 2.45) is 0 Å². The number of rotatable bonds is 4. The van der Waals surface area contributed by atoms with E-state index in [1.165, 1.54) is 17.9 Å². The van der Waals surface area contributed by atoms with E-state index in [1.807, 2.05) is 37.3 Å². The lowest BCUT2D eigenvalue weighted by Crippen LogP contribution is -2.19. The molecule has 4 nitrogen and oxygen atoms in total. The van der Waals surface area contributed by atoms with Gasteiger partial charge in [0.05, 0.1) is 11.6 Å². The van der Waals surface area contributed by atoms with Crippen molar-refractivity contribution < 1.29 is 9.21 Å². The van der Waals surface area contributed by atoms with Crippen LogP contribution in [0, 0.1) is 0 Å². The third-order valence-corrected chi connectivity index (χ3v) is 6.20. The Morgan fingerprint density at radius 3 is 2.71 bits per heavy atom. The highest BCUT2D eigenvalue weighted by Gasteiger charge is 2.24. The summed E-state index contributed by atoms with van der Waals surface area (Å²) in [6.07, 6.45) is 4.22. The van der Waals surface area contributed by atoms with Gasteiger partial charge < -0.3 is 9.32 Å². The largest absolute Gasteiger partial charge is 0.464 e. The van der Waals surface area contributed by atoms with Crippen LogP contribution < -0.4 is 5.43 Å². The van der Waals surface area contributed by atoms with Gasteiger partial charge in [-0.2, -0.15) is 0 Å². The molecule has 0 bridgehead atoms. The van der Waals surface area contributed by atoms with E-state index in [9.17, 15) is 9.59 Å². The standard InChI is InChI=1S/C27H23NO3/c1-18(28-11-9-22(17-28)19-5-3-2-4-6-19)13-26(30)21-8-7-20-16-27-24(15-23(20)14-21)25(29)10-12-31-27/h2-8,10,12-16,22H,9,11,17H2,1H3/b18-13+. The molecule has 1 aromatic heterocycles. The zero-order valence-electron chi connectivity index (χ0n) is 17.4. The molecule has 154 valence electrons. The van der Waals surface area contributed by atoms with Crippen LogP contribution in [0.15, 0.2) is 94.0 Å². The molecule has 4 heteroatoms. The van der Waals surface area contributed by atoms with E-state index in [0.29, 0.717) is 22.5 Å². The number of carbonyl (C=O) groups excluding carboxylic acids is 1. The van der Waals surface area contributed by atoms with Crippen LogP contribution in [0.1, 0.15) is 35.2 Å². The molecule has 0 radical (unpaired) electrons. The first kappa shape index (κ1) is 19.3. The number of allylic oxidation sites excluding steroid dienone is 2. The molecule has 2 heterocycles. The van der Waals surface area contributed by atoms with Gasteiger partial charge in [-0.1, -0.05) is 42.5 Å². The molecule has 0 amide bonds. The highest BCUT2D eigenvalue weighted by molar-refractivity contribution is 6.08. The minimum Gasteiger partial charge on any atom is -0.464 e. The Balaban J connectivity index is 1.39. The Hall–Kier alpha value is -3.66. The molecular weight excluding hydrogens is 386 g/mol. The van der Waals surface area contributed by atoms with Gasteiger partial charge in [-0.05, 0) is 47.9 Å². The predicted molar refractivity (Wildman–Crippen MR) is 123 cm³/mol. The fourth-order valence-corrected chi connectivity index (χ4v) is 4.42. The summed E-state index contributed by atoms with van der Waals surface area (Å²) < 4.78 is 5.45. The molecule has 1 atom stereocenters. The van der Waals surface area contributed by atoms with Crippen molar-refractivity contribution in [3.63, 3.8) is 0 Å². The van der Waals surface area contributed by atoms with Crippen molar-refractivity contribution in [2.45, 2.75) is 19.3 Å². The summed E-state index contributed by atoms with van der Waals surface area (Å²) in [5, 5.41) is 2.31. The maximum Gasteiger partial charge on any atom is 0.192 e. The lowest BCUT2D eigenvalue weighted by atomic mass is 9.99. The van der Waals surface area contributed by atoms with Gasteiger partial charge in [0.1, 0.15) is 5.58 Å². The normalized spacial score (nSPS) is 16.9. The van der Waals surface area contributed by atoms with E-state index >= 15 is 0 Å². The molecule has 0 saturated carbocycles. The quantitative estimate of drug-likeness (QED) is 0.253. The minimum absolute atomic E-state index is 0.0252. The number of hydrogen-bond acceptors (Lipinski definition) is 4. The Bertz CT molecular complexity index is 1370. The maximum absolute atomic E-state index is 13.0. The Kier molecular flexibility index (Phi) is 4.91. The number of fused-ring (bicyclic) bond motifs is 2. The molecule has 5 rings (SSSR count). The molecular formula is C27H23NO3. The fourth-order valence-electron chi connectivity index (χ4n) is 4.42. The van der Waals surface area contributed by atoms with Gasteiger partial charge >= 0.3 is 0 Å². The van der Waals surface area contributed by atoms with E-state index in [0.717, 1.165) is 36.0 Å². The first-order valence-electron chi connectivity index (χ1n) is 10.6. The molecule has 1 aliphatic heterocycles. The van der Waals surface area contributed by atoms with Crippen LogP contribution >= 0.6 is 0 Å². The van der Waals surface area contributed by atoms with Gasteiger partial charge in [0.15, 0.2) is 11.2 Å². The topological polar surface area (TPSA) is 50.5 Å². The van der Waals surface area contributed by atoms with Crippen LogP contribution in [-0.2, 0) is 0 Å². The predicted octanol–water partition coefficient (Wildman–Crippen LogP) is 5.52. The summed E-state index contributed by atoms with van der Waals surface area (Å²) in [7, 11) is 0. The van der Waals surface area contributed by atoms with E-state index in [1.54, 1.807) is 12.1 Å². The smallest absolute Gasteiger partial charge is 0.192 e. The summed E-state index contributed by atoms with van der Waals surface area (Å²) >= 11 is 0. The molecule has 0 aliphatic carbocycles. The number of ketones is 1. The van der Waals surface area contributed by atoms with Gasteiger partial charge in [0, 0.05) is 42.4 Å². The highest BCUT2D eigenvalue weighted by Crippen LogP contribution is 2.29. The highest BCUT2D eigenvalue weighted by atomic mass is 16.3. The van der Waals surface area contributed by atoms with Crippen LogP contribution in [-0.4, -0.2) is 23.8 Å². The van der Waals surface area contributed by atoms with E-state index in [-0.39, 0.29) is 11.2 Å². The third-order valence-electron chi connectivity index (χ3n) is 6.20. The van der Waals surface area contributed by atoms with Gasteiger partial charge in [-0.15, -0.1) is 0 Å². The Morgan fingerprint density at radius 2 is 1.87 bits per heavy atom. The minimum atomic E-state index is -0.0855. The van der Waals surface area contributed by atoms with Gasteiger partial charge in [0.25, 0.3) is 0 Å². The fraction of sp³-hybridized carbons (Fsp3) is 0.185. The number of benzene rings is 3. The van der Waals surface area contributed by atoms with Crippen LogP contribution in [0.4, 0.5) is 0 Å². The van der Waals surface area contributed by atoms with Gasteiger partial charge in [-0.25, -0.2) is 0 Å². The molecule has 1 fully saturated rings. The second-order valence-electron chi connectivity index (χ2n) is 8.19. The average molecular weight is 409 g/mol. The molecule has 1 unspecified atom stereocenters. The molecule has 4 aromatic rings. The number of carbonyl (C=O) groups is 1. The third kappa shape index (κ3) is 3.77. The molecule has 0 spiro atoms. The van der Waals surface area contributed by atoms with Crippen molar-refractivity contribution in [1.82, 2.24) is 4.90 Å². The number of hydrogen-bond donors (Lipinski definition) is 0. The van der Waals surface area contributed by atoms with E-state index in [2.05, 4.69) is 29.2 Å². The maximum atomic E-state index is 13.0. The van der Waals surface area contributed by atoms with Crippen molar-refractivity contribution in [1.29, 1.82) is 0 Å². The first-order chi connectivity index (χ1) is 15.1. The van der Waals surface area contributed by atoms with Crippen molar-refractivity contribution in [2.75, 3.05) is 13.1 Å². The average Bonchev–Trinajstić information content (AvgIpc) is 3.29. The Labute approximate surface area is 180 Å². The van der Waals surface area contributed by atoms with Gasteiger partial charge in [0.2, 0.25) is 0 Å². The van der Waals surface area contributed by atoms with Gasteiger partial charge in [-0.3, -0.25) is 9.59 Å². The Morgan fingerprint density at radius 1 is 1.03 bits per heavy atom. The zero-order valence-corrected chi connectivity index (χ0v) is 17.4. The van der Waals surface area contributed by atoms with Crippen molar-refractivity contribution in [3.8, 4) is 0 Å². The monoisotopic (exact) mass is 409 g/mol. The first-order valence-corrected chi connectivity index (χ1v) is 10.6. The van der Waals surface area contributed by atoms with Crippen molar-refractivity contribution >= 4 is 27.5 Å². The zero-order chi connectivity index (χ0) is 21.4. The number of nitrogens with zero attached hydrogens (tertiary/aromatic N) is 1.